The average Bonchev–Trinajstić information content (AvgIpc) is 2.78. The Morgan fingerprint density at radius 1 is 1.00 bits per heavy atom. The summed E-state index contributed by atoms with van der Waals surface area (Å²) in [5.41, 5.74) is 0.766. The quantitative estimate of drug-likeness (QED) is 0.492. The normalized spacial score (nSPS) is 10.8. The summed E-state index contributed by atoms with van der Waals surface area (Å²) in [6, 6.07) is 18.0. The fraction of sp³-hybridized carbons (Fsp3) is 0.0909. The molecule has 2 aromatic heterocycles. The number of aromatic nitrogens is 3. The lowest BCUT2D eigenvalue weighted by molar-refractivity contribution is 0.0467. The number of carbonyl (C=O) groups excluding carboxylic acids is 1. The van der Waals surface area contributed by atoms with Gasteiger partial charge in [-0.15, -0.1) is 0 Å². The van der Waals surface area contributed by atoms with Gasteiger partial charge in [0.1, 0.15) is 6.61 Å². The average molecular weight is 403 g/mol. The molecular weight excluding hydrogens is 386 g/mol. The van der Waals surface area contributed by atoms with Crippen LogP contribution in [0.25, 0.3) is 16.6 Å². The third-order valence-electron chi connectivity index (χ3n) is 4.53. The van der Waals surface area contributed by atoms with E-state index in [4.69, 9.17) is 9.84 Å². The number of hydrogen-bond donors (Lipinski definition) is 2. The molecule has 0 unspecified atom stereocenters. The summed E-state index contributed by atoms with van der Waals surface area (Å²) >= 11 is 0. The molecule has 0 spiro atoms. The number of benzene rings is 2. The highest BCUT2D eigenvalue weighted by Crippen LogP contribution is 2.13. The molecule has 0 saturated heterocycles. The summed E-state index contributed by atoms with van der Waals surface area (Å²) in [6.07, 6.45) is 0. The monoisotopic (exact) mass is 403 g/mol. The van der Waals surface area contributed by atoms with Crippen molar-refractivity contribution in [2.24, 2.45) is 0 Å². The molecule has 2 aromatic carbocycles. The highest BCUT2D eigenvalue weighted by Gasteiger charge is 2.13. The molecule has 0 saturated carbocycles. The fourth-order valence-electron chi connectivity index (χ4n) is 3.08. The van der Waals surface area contributed by atoms with Crippen LogP contribution in [0.5, 0.6) is 0 Å². The molecule has 4 rings (SSSR count). The van der Waals surface area contributed by atoms with Gasteiger partial charge in [-0.05, 0) is 42.5 Å². The third kappa shape index (κ3) is 3.76. The highest BCUT2D eigenvalue weighted by atomic mass is 16.5. The topological polar surface area (TPSA) is 114 Å². The fourth-order valence-corrected chi connectivity index (χ4v) is 3.08. The Hall–Kier alpha value is -4.04. The second-order valence-corrected chi connectivity index (χ2v) is 6.52. The highest BCUT2D eigenvalue weighted by molar-refractivity contribution is 5.94. The van der Waals surface area contributed by atoms with E-state index in [2.05, 4.69) is 9.97 Å². The molecule has 0 amide bonds. The molecule has 0 radical (unpaired) electrons. The van der Waals surface area contributed by atoms with Crippen molar-refractivity contribution in [1.29, 1.82) is 0 Å². The summed E-state index contributed by atoms with van der Waals surface area (Å²) < 4.78 is 6.30. The van der Waals surface area contributed by atoms with Crippen LogP contribution >= 0.6 is 0 Å². The lowest BCUT2D eigenvalue weighted by Crippen LogP contribution is -2.33. The van der Waals surface area contributed by atoms with E-state index in [1.54, 1.807) is 48.5 Å². The number of esters is 1. The number of aromatic amines is 1. The summed E-state index contributed by atoms with van der Waals surface area (Å²) in [5, 5.41) is 9.40. The number of fused-ring (bicyclic) bond motifs is 1. The Balaban J connectivity index is 1.62. The van der Waals surface area contributed by atoms with Gasteiger partial charge < -0.3 is 14.8 Å². The second kappa shape index (κ2) is 8.14. The lowest BCUT2D eigenvalue weighted by atomic mass is 10.1. The van der Waals surface area contributed by atoms with Gasteiger partial charge in [-0.3, -0.25) is 9.78 Å². The zero-order valence-electron chi connectivity index (χ0n) is 15.7. The number of para-hydroxylation sites is 1. The van der Waals surface area contributed by atoms with E-state index in [0.29, 0.717) is 17.1 Å². The number of pyridine rings is 1. The molecule has 0 aliphatic carbocycles. The number of rotatable bonds is 5. The molecule has 0 atom stereocenters. The Bertz CT molecular complexity index is 1340. The predicted molar refractivity (Wildman–Crippen MR) is 109 cm³/mol. The van der Waals surface area contributed by atoms with Gasteiger partial charge in [0.05, 0.1) is 40.1 Å². The number of nitrogens with one attached hydrogen (secondary N) is 1. The summed E-state index contributed by atoms with van der Waals surface area (Å²) in [6.45, 7) is -0.281. The van der Waals surface area contributed by atoms with Crippen LogP contribution in [-0.2, 0) is 18.0 Å². The smallest absolute Gasteiger partial charge is 0.338 e. The Morgan fingerprint density at radius 3 is 2.53 bits per heavy atom. The first-order valence-corrected chi connectivity index (χ1v) is 9.14. The van der Waals surface area contributed by atoms with E-state index in [1.165, 1.54) is 18.2 Å². The zero-order chi connectivity index (χ0) is 21.1. The van der Waals surface area contributed by atoms with Gasteiger partial charge in [-0.2, -0.15) is 0 Å². The molecular formula is C22H17N3O5. The molecule has 8 heteroatoms. The number of hydrogen-bond acceptors (Lipinski definition) is 6. The van der Waals surface area contributed by atoms with Crippen LogP contribution < -0.4 is 11.2 Å². The minimum absolute atomic E-state index is 0.0726. The molecule has 8 nitrogen and oxygen atoms in total. The van der Waals surface area contributed by atoms with Crippen molar-refractivity contribution < 1.29 is 14.6 Å². The van der Waals surface area contributed by atoms with Crippen molar-refractivity contribution in [2.45, 2.75) is 13.2 Å². The summed E-state index contributed by atoms with van der Waals surface area (Å²) in [5.74, 6) is -0.624. The summed E-state index contributed by atoms with van der Waals surface area (Å²) in [7, 11) is 0. The van der Waals surface area contributed by atoms with E-state index >= 15 is 0 Å². The molecule has 0 bridgehead atoms. The number of aliphatic hydroxyl groups is 1. The first-order chi connectivity index (χ1) is 14.6. The number of H-pyrrole nitrogens is 1. The van der Waals surface area contributed by atoms with Crippen LogP contribution in [0.15, 0.2) is 76.3 Å². The van der Waals surface area contributed by atoms with Crippen LogP contribution in [0.2, 0.25) is 0 Å². The van der Waals surface area contributed by atoms with Crippen molar-refractivity contribution in [3.05, 3.63) is 105 Å². The van der Waals surface area contributed by atoms with Gasteiger partial charge in [-0.1, -0.05) is 24.3 Å². The SMILES string of the molecule is O=C(OCc1cccc(CO)n1)c1ccc2c(=O)n(-c3ccccc3)c(=O)[nH]c2c1. The maximum atomic E-state index is 12.8. The summed E-state index contributed by atoms with van der Waals surface area (Å²) in [4.78, 5) is 44.5. The van der Waals surface area contributed by atoms with E-state index in [1.807, 2.05) is 0 Å². The Labute approximate surface area is 170 Å². The van der Waals surface area contributed by atoms with Crippen LogP contribution in [0.4, 0.5) is 0 Å². The standard InChI is InChI=1S/C22H17N3O5/c26-12-15-5-4-6-16(23-15)13-30-21(28)14-9-10-18-19(11-14)24-22(29)25(20(18)27)17-7-2-1-3-8-17/h1-11,26H,12-13H2,(H,24,29). The van der Waals surface area contributed by atoms with Gasteiger partial charge in [0, 0.05) is 0 Å². The Morgan fingerprint density at radius 2 is 1.77 bits per heavy atom. The molecule has 30 heavy (non-hydrogen) atoms. The van der Waals surface area contributed by atoms with E-state index in [-0.39, 0.29) is 29.7 Å². The maximum Gasteiger partial charge on any atom is 0.338 e. The van der Waals surface area contributed by atoms with Crippen LogP contribution in [0.1, 0.15) is 21.7 Å². The van der Waals surface area contributed by atoms with Crippen LogP contribution in [0.3, 0.4) is 0 Å². The van der Waals surface area contributed by atoms with Gasteiger partial charge in [0.15, 0.2) is 0 Å². The second-order valence-electron chi connectivity index (χ2n) is 6.52. The van der Waals surface area contributed by atoms with Gasteiger partial charge in [0.2, 0.25) is 0 Å². The molecule has 0 aliphatic heterocycles. The third-order valence-corrected chi connectivity index (χ3v) is 4.53. The minimum Gasteiger partial charge on any atom is -0.456 e. The predicted octanol–water partition coefficient (Wildman–Crippen LogP) is 1.92. The van der Waals surface area contributed by atoms with Gasteiger partial charge >= 0.3 is 11.7 Å². The first kappa shape index (κ1) is 19.3. The van der Waals surface area contributed by atoms with E-state index in [9.17, 15) is 14.4 Å². The zero-order valence-corrected chi connectivity index (χ0v) is 15.7. The van der Waals surface area contributed by atoms with Crippen LogP contribution in [0, 0.1) is 0 Å². The van der Waals surface area contributed by atoms with Crippen molar-refractivity contribution >= 4 is 16.9 Å². The molecule has 0 aliphatic rings. The molecule has 2 heterocycles. The van der Waals surface area contributed by atoms with E-state index < -0.39 is 17.2 Å². The Kier molecular flexibility index (Phi) is 5.23. The van der Waals surface area contributed by atoms with Crippen molar-refractivity contribution in [1.82, 2.24) is 14.5 Å². The molecule has 2 N–H and O–H groups in total. The van der Waals surface area contributed by atoms with Crippen LogP contribution in [-0.4, -0.2) is 25.6 Å². The lowest BCUT2D eigenvalue weighted by Gasteiger charge is -2.08. The van der Waals surface area contributed by atoms with Crippen molar-refractivity contribution in [3.8, 4) is 5.69 Å². The molecule has 0 fully saturated rings. The number of aliphatic hydroxyl groups excluding tert-OH is 1. The van der Waals surface area contributed by atoms with Crippen molar-refractivity contribution in [2.75, 3.05) is 0 Å². The van der Waals surface area contributed by atoms with Crippen molar-refractivity contribution in [3.63, 3.8) is 0 Å². The molecule has 4 aromatic rings. The van der Waals surface area contributed by atoms with E-state index in [0.717, 1.165) is 4.57 Å². The number of nitrogens with zero attached hydrogens (tertiary/aromatic N) is 2. The maximum absolute atomic E-state index is 12.8. The first-order valence-electron chi connectivity index (χ1n) is 9.14. The largest absolute Gasteiger partial charge is 0.456 e. The minimum atomic E-state index is -0.624. The van der Waals surface area contributed by atoms with Gasteiger partial charge in [0.25, 0.3) is 5.56 Å². The molecule has 150 valence electrons. The number of carbonyl (C=O) groups is 1. The number of ether oxygens (including phenoxy) is 1. The van der Waals surface area contributed by atoms with Gasteiger partial charge in [-0.25, -0.2) is 14.2 Å².